The van der Waals surface area contributed by atoms with Crippen LogP contribution < -0.4 is 0 Å². The van der Waals surface area contributed by atoms with Gasteiger partial charge in [-0.05, 0) is 22.9 Å². The Hall–Kier alpha value is -1.50. The van der Waals surface area contributed by atoms with E-state index in [1.807, 2.05) is 0 Å². The van der Waals surface area contributed by atoms with Crippen molar-refractivity contribution in [2.75, 3.05) is 0 Å². The Balaban J connectivity index is 2.88. The van der Waals surface area contributed by atoms with Gasteiger partial charge < -0.3 is 0 Å². The molecule has 2 aromatic rings. The van der Waals surface area contributed by atoms with Gasteiger partial charge in [0.05, 0.1) is 4.92 Å². The van der Waals surface area contributed by atoms with Crippen molar-refractivity contribution in [3.05, 3.63) is 32.7 Å². The molecule has 0 saturated heterocycles. The van der Waals surface area contributed by atoms with E-state index in [2.05, 4.69) is 26.1 Å². The maximum Gasteiger partial charge on any atom is 0.315 e. The third-order valence-electron chi connectivity index (χ3n) is 1.82. The van der Waals surface area contributed by atoms with Crippen molar-refractivity contribution in [3.8, 4) is 0 Å². The fourth-order valence-corrected chi connectivity index (χ4v) is 1.61. The summed E-state index contributed by atoms with van der Waals surface area (Å²) in [4.78, 5) is 10.2. The average molecular weight is 257 g/mol. The predicted molar refractivity (Wildman–Crippen MR) is 52.1 cm³/mol. The molecular weight excluding hydrogens is 252 g/mol. The van der Waals surface area contributed by atoms with E-state index in [0.29, 0.717) is 10.3 Å². The Morgan fingerprint density at radius 1 is 1.57 bits per heavy atom. The third-order valence-corrected chi connectivity index (χ3v) is 2.25. The fourth-order valence-electron chi connectivity index (χ4n) is 1.19. The number of hydrogen-bond donors (Lipinski definition) is 0. The average Bonchev–Trinajstić information content (AvgIpc) is 2.47. The second kappa shape index (κ2) is 3.02. The maximum atomic E-state index is 10.7. The monoisotopic (exact) mass is 256 g/mol. The molecule has 0 aliphatic carbocycles. The summed E-state index contributed by atoms with van der Waals surface area (Å²) in [6, 6.07) is 1.41. The lowest BCUT2D eigenvalue weighted by Crippen LogP contribution is -1.95. The Morgan fingerprint density at radius 3 is 2.93 bits per heavy atom. The van der Waals surface area contributed by atoms with Crippen LogP contribution in [-0.4, -0.2) is 19.5 Å². The number of aryl methyl sites for hydroxylation is 1. The van der Waals surface area contributed by atoms with Crippen molar-refractivity contribution in [2.24, 2.45) is 0 Å². The molecule has 0 aliphatic rings. The number of pyridine rings is 1. The summed E-state index contributed by atoms with van der Waals surface area (Å²) < 4.78 is 2.20. The molecule has 0 spiro atoms. The van der Waals surface area contributed by atoms with Crippen molar-refractivity contribution < 1.29 is 4.92 Å². The number of aromatic nitrogens is 3. The molecule has 2 heterocycles. The van der Waals surface area contributed by atoms with Crippen molar-refractivity contribution in [3.63, 3.8) is 0 Å². The number of hydrogen-bond acceptors (Lipinski definition) is 4. The molecule has 0 bridgehead atoms. The van der Waals surface area contributed by atoms with Crippen LogP contribution in [0.1, 0.15) is 5.82 Å². The van der Waals surface area contributed by atoms with Gasteiger partial charge in [0.25, 0.3) is 0 Å². The quantitative estimate of drug-likeness (QED) is 0.575. The Bertz CT molecular complexity index is 522. The van der Waals surface area contributed by atoms with Crippen molar-refractivity contribution in [1.82, 2.24) is 14.6 Å². The highest BCUT2D eigenvalue weighted by Crippen LogP contribution is 2.23. The molecule has 0 atom stereocenters. The number of nitro groups is 1. The molecule has 14 heavy (non-hydrogen) atoms. The van der Waals surface area contributed by atoms with Crippen LogP contribution in [0.25, 0.3) is 5.65 Å². The SMILES string of the molecule is Cc1nnc2c([N+](=O)[O-])cc(Br)cn12. The van der Waals surface area contributed by atoms with Crippen LogP contribution in [0, 0.1) is 17.0 Å². The number of halogens is 1. The van der Waals surface area contributed by atoms with Gasteiger partial charge in [0.15, 0.2) is 0 Å². The van der Waals surface area contributed by atoms with E-state index >= 15 is 0 Å². The molecule has 0 saturated carbocycles. The van der Waals surface area contributed by atoms with Crippen molar-refractivity contribution in [2.45, 2.75) is 6.92 Å². The van der Waals surface area contributed by atoms with Gasteiger partial charge in [0.2, 0.25) is 5.65 Å². The lowest BCUT2D eigenvalue weighted by atomic mass is 10.4. The third kappa shape index (κ3) is 1.25. The summed E-state index contributed by atoms with van der Waals surface area (Å²) >= 11 is 3.19. The van der Waals surface area contributed by atoms with Crippen LogP contribution >= 0.6 is 15.9 Å². The van der Waals surface area contributed by atoms with Gasteiger partial charge in [-0.15, -0.1) is 10.2 Å². The first-order valence-electron chi connectivity index (χ1n) is 3.75. The molecule has 6 nitrogen and oxygen atoms in total. The van der Waals surface area contributed by atoms with Crippen LogP contribution in [0.15, 0.2) is 16.7 Å². The van der Waals surface area contributed by atoms with Crippen LogP contribution in [0.2, 0.25) is 0 Å². The highest BCUT2D eigenvalue weighted by atomic mass is 79.9. The van der Waals surface area contributed by atoms with E-state index < -0.39 is 4.92 Å². The van der Waals surface area contributed by atoms with Crippen molar-refractivity contribution >= 4 is 27.3 Å². The molecule has 0 unspecified atom stereocenters. The van der Waals surface area contributed by atoms with E-state index in [4.69, 9.17) is 0 Å². The van der Waals surface area contributed by atoms with Crippen LogP contribution in [0.4, 0.5) is 5.69 Å². The molecule has 0 fully saturated rings. The molecule has 2 rings (SSSR count). The van der Waals surface area contributed by atoms with Gasteiger partial charge in [-0.2, -0.15) is 0 Å². The highest BCUT2D eigenvalue weighted by Gasteiger charge is 2.16. The molecule has 0 aliphatic heterocycles. The molecule has 7 heteroatoms. The first-order valence-corrected chi connectivity index (χ1v) is 4.54. The molecule has 0 amide bonds. The molecule has 0 radical (unpaired) electrons. The number of rotatable bonds is 1. The molecular formula is C7H5BrN4O2. The summed E-state index contributed by atoms with van der Waals surface area (Å²) in [7, 11) is 0. The minimum atomic E-state index is -0.478. The van der Waals surface area contributed by atoms with Gasteiger partial charge in [-0.25, -0.2) is 0 Å². The second-order valence-corrected chi connectivity index (χ2v) is 3.66. The lowest BCUT2D eigenvalue weighted by Gasteiger charge is -1.97. The topological polar surface area (TPSA) is 73.3 Å². The molecule has 0 N–H and O–H groups in total. The summed E-state index contributed by atoms with van der Waals surface area (Å²) in [5, 5.41) is 18.2. The van der Waals surface area contributed by atoms with Gasteiger partial charge in [0.1, 0.15) is 5.82 Å². The van der Waals surface area contributed by atoms with Gasteiger partial charge in [-0.1, -0.05) is 0 Å². The van der Waals surface area contributed by atoms with E-state index in [1.165, 1.54) is 6.07 Å². The summed E-state index contributed by atoms with van der Waals surface area (Å²) in [5.41, 5.74) is 0.204. The van der Waals surface area contributed by atoms with Crippen LogP contribution in [0.5, 0.6) is 0 Å². The predicted octanol–water partition coefficient (Wildman–Crippen LogP) is 1.71. The normalized spacial score (nSPS) is 10.7. The second-order valence-electron chi connectivity index (χ2n) is 2.74. The molecule has 72 valence electrons. The highest BCUT2D eigenvalue weighted by molar-refractivity contribution is 9.10. The zero-order chi connectivity index (χ0) is 10.3. The van der Waals surface area contributed by atoms with Crippen LogP contribution in [0.3, 0.4) is 0 Å². The number of nitrogens with zero attached hydrogens (tertiary/aromatic N) is 4. The Kier molecular flexibility index (Phi) is 1.95. The molecule has 0 aromatic carbocycles. The Labute approximate surface area is 86.8 Å². The van der Waals surface area contributed by atoms with Crippen LogP contribution in [-0.2, 0) is 0 Å². The maximum absolute atomic E-state index is 10.7. The largest absolute Gasteiger partial charge is 0.315 e. The van der Waals surface area contributed by atoms with E-state index in [9.17, 15) is 10.1 Å². The zero-order valence-corrected chi connectivity index (χ0v) is 8.72. The lowest BCUT2D eigenvalue weighted by molar-refractivity contribution is -0.383. The standard InChI is InChI=1S/C7H5BrN4O2/c1-4-9-10-7-6(12(13)14)2-5(8)3-11(4)7/h2-3H,1H3. The first-order chi connectivity index (χ1) is 6.59. The summed E-state index contributed by atoms with van der Waals surface area (Å²) in [6.07, 6.45) is 1.69. The number of fused-ring (bicyclic) bond motifs is 1. The first kappa shape index (κ1) is 9.07. The molecule has 2 aromatic heterocycles. The summed E-state index contributed by atoms with van der Waals surface area (Å²) in [5.74, 6) is 0.615. The summed E-state index contributed by atoms with van der Waals surface area (Å²) in [6.45, 7) is 1.73. The minimum Gasteiger partial charge on any atom is -0.280 e. The minimum absolute atomic E-state index is 0.0556. The zero-order valence-electron chi connectivity index (χ0n) is 7.14. The van der Waals surface area contributed by atoms with Gasteiger partial charge >= 0.3 is 5.69 Å². The van der Waals surface area contributed by atoms with Crippen molar-refractivity contribution in [1.29, 1.82) is 0 Å². The fraction of sp³-hybridized carbons (Fsp3) is 0.143. The smallest absolute Gasteiger partial charge is 0.280 e. The van der Waals surface area contributed by atoms with E-state index in [1.54, 1.807) is 17.5 Å². The van der Waals surface area contributed by atoms with E-state index in [-0.39, 0.29) is 11.3 Å². The Morgan fingerprint density at radius 2 is 2.29 bits per heavy atom. The van der Waals surface area contributed by atoms with E-state index in [0.717, 1.165) is 0 Å². The van der Waals surface area contributed by atoms with Gasteiger partial charge in [-0.3, -0.25) is 14.5 Å². The van der Waals surface area contributed by atoms with Gasteiger partial charge in [0, 0.05) is 16.7 Å².